The smallest absolute Gasteiger partial charge is 0.234 e. The minimum Gasteiger partial charge on any atom is -0.354 e. The number of aromatic nitrogens is 3. The van der Waals surface area contributed by atoms with Crippen molar-refractivity contribution >= 4 is 34.0 Å². The standard InChI is InChI=1S/C17H20N8OS/c18-8-13-9-19-17(27-13)23-14-7-15(21-11-20-14)25-5-3-24(4-6-25)10-16(26)22-12-1-2-12/h7,9,11-12H,1-6,10H2,(H,22,26)(H,19,20,21,23). The van der Waals surface area contributed by atoms with Crippen molar-refractivity contribution in [2.45, 2.75) is 18.9 Å². The number of amides is 1. The number of carbonyl (C=O) groups is 1. The van der Waals surface area contributed by atoms with Crippen molar-refractivity contribution in [3.63, 3.8) is 0 Å². The zero-order valence-corrected chi connectivity index (χ0v) is 15.6. The van der Waals surface area contributed by atoms with Crippen LogP contribution >= 0.6 is 11.3 Å². The van der Waals surface area contributed by atoms with Crippen LogP contribution in [0.15, 0.2) is 18.6 Å². The van der Waals surface area contributed by atoms with Gasteiger partial charge in [0.25, 0.3) is 0 Å². The molecule has 0 unspecified atom stereocenters. The lowest BCUT2D eigenvalue weighted by molar-refractivity contribution is -0.122. The summed E-state index contributed by atoms with van der Waals surface area (Å²) in [5.41, 5.74) is 0. The van der Waals surface area contributed by atoms with E-state index in [1.807, 2.05) is 6.07 Å². The monoisotopic (exact) mass is 384 g/mol. The molecule has 0 radical (unpaired) electrons. The largest absolute Gasteiger partial charge is 0.354 e. The van der Waals surface area contributed by atoms with Gasteiger partial charge >= 0.3 is 0 Å². The van der Waals surface area contributed by atoms with Crippen molar-refractivity contribution in [3.8, 4) is 6.07 Å². The second-order valence-corrected chi connectivity index (χ2v) is 7.66. The van der Waals surface area contributed by atoms with Gasteiger partial charge in [-0.3, -0.25) is 9.69 Å². The molecule has 10 heteroatoms. The van der Waals surface area contributed by atoms with Gasteiger partial charge in [-0.25, -0.2) is 15.0 Å². The molecule has 27 heavy (non-hydrogen) atoms. The molecule has 140 valence electrons. The maximum atomic E-state index is 11.9. The summed E-state index contributed by atoms with van der Waals surface area (Å²) in [6.07, 6.45) is 5.28. The van der Waals surface area contributed by atoms with E-state index in [0.717, 1.165) is 44.8 Å². The first-order chi connectivity index (χ1) is 13.2. The van der Waals surface area contributed by atoms with Crippen LogP contribution in [0.25, 0.3) is 0 Å². The molecule has 2 aromatic rings. The molecule has 0 aromatic carbocycles. The summed E-state index contributed by atoms with van der Waals surface area (Å²) >= 11 is 1.28. The number of hydrogen-bond donors (Lipinski definition) is 2. The highest BCUT2D eigenvalue weighted by molar-refractivity contribution is 7.16. The average molecular weight is 384 g/mol. The number of piperazine rings is 1. The first kappa shape index (κ1) is 17.6. The van der Waals surface area contributed by atoms with Gasteiger partial charge in [-0.05, 0) is 12.8 Å². The van der Waals surface area contributed by atoms with Gasteiger partial charge in [0, 0.05) is 38.3 Å². The molecule has 9 nitrogen and oxygen atoms in total. The molecule has 1 amide bonds. The molecule has 0 spiro atoms. The molecule has 1 aliphatic carbocycles. The van der Waals surface area contributed by atoms with E-state index < -0.39 is 0 Å². The molecule has 1 saturated heterocycles. The van der Waals surface area contributed by atoms with Gasteiger partial charge < -0.3 is 15.5 Å². The first-order valence-electron chi connectivity index (χ1n) is 8.91. The summed E-state index contributed by atoms with van der Waals surface area (Å²) in [6.45, 7) is 3.73. The van der Waals surface area contributed by atoms with Crippen LogP contribution in [0.1, 0.15) is 17.7 Å². The van der Waals surface area contributed by atoms with E-state index in [0.29, 0.717) is 28.4 Å². The Bertz CT molecular complexity index is 851. The lowest BCUT2D eigenvalue weighted by Crippen LogP contribution is -2.50. The topological polar surface area (TPSA) is 110 Å². The third-order valence-electron chi connectivity index (χ3n) is 4.51. The molecule has 4 rings (SSSR count). The molecule has 2 fully saturated rings. The molecule has 1 saturated carbocycles. The van der Waals surface area contributed by atoms with E-state index in [2.05, 4.69) is 41.5 Å². The highest BCUT2D eigenvalue weighted by Gasteiger charge is 2.25. The second kappa shape index (κ2) is 7.85. The van der Waals surface area contributed by atoms with E-state index in [1.54, 1.807) is 0 Å². The summed E-state index contributed by atoms with van der Waals surface area (Å²) in [4.78, 5) is 29.6. The maximum Gasteiger partial charge on any atom is 0.234 e. The Hall–Kier alpha value is -2.77. The number of nitrogens with one attached hydrogen (secondary N) is 2. The van der Waals surface area contributed by atoms with E-state index >= 15 is 0 Å². The van der Waals surface area contributed by atoms with Crippen LogP contribution in [0.5, 0.6) is 0 Å². The second-order valence-electron chi connectivity index (χ2n) is 6.63. The third-order valence-corrected chi connectivity index (χ3v) is 5.33. The molecule has 3 heterocycles. The summed E-state index contributed by atoms with van der Waals surface area (Å²) < 4.78 is 0. The Kier molecular flexibility index (Phi) is 5.13. The van der Waals surface area contributed by atoms with Crippen molar-refractivity contribution in [1.29, 1.82) is 5.26 Å². The average Bonchev–Trinajstić information content (AvgIpc) is 3.37. The van der Waals surface area contributed by atoms with Gasteiger partial charge in [0.15, 0.2) is 5.13 Å². The zero-order valence-electron chi connectivity index (χ0n) is 14.8. The third kappa shape index (κ3) is 4.69. The SMILES string of the molecule is N#Cc1cnc(Nc2cc(N3CCN(CC(=O)NC4CC4)CC3)ncn2)s1. The van der Waals surface area contributed by atoms with Crippen LogP contribution in [0.3, 0.4) is 0 Å². The summed E-state index contributed by atoms with van der Waals surface area (Å²) in [6, 6.07) is 4.36. The predicted octanol–water partition coefficient (Wildman–Crippen LogP) is 0.949. The van der Waals surface area contributed by atoms with E-state index in [4.69, 9.17) is 5.26 Å². The molecule has 2 aromatic heterocycles. The van der Waals surface area contributed by atoms with Gasteiger partial charge in [-0.2, -0.15) is 5.26 Å². The van der Waals surface area contributed by atoms with Gasteiger partial charge in [0.1, 0.15) is 28.9 Å². The molecule has 2 aliphatic rings. The van der Waals surface area contributed by atoms with Gasteiger partial charge in [0.05, 0.1) is 12.7 Å². The summed E-state index contributed by atoms with van der Waals surface area (Å²) in [7, 11) is 0. The fraction of sp³-hybridized carbons (Fsp3) is 0.471. The number of rotatable bonds is 6. The normalized spacial score (nSPS) is 17.4. The molecule has 2 N–H and O–H groups in total. The Labute approximate surface area is 161 Å². The molecule has 0 atom stereocenters. The fourth-order valence-corrected chi connectivity index (χ4v) is 3.54. The van der Waals surface area contributed by atoms with Crippen LogP contribution in [-0.4, -0.2) is 64.5 Å². The van der Waals surface area contributed by atoms with Crippen molar-refractivity contribution in [1.82, 2.24) is 25.2 Å². The van der Waals surface area contributed by atoms with Crippen LogP contribution < -0.4 is 15.5 Å². The number of hydrogen-bond acceptors (Lipinski definition) is 9. The summed E-state index contributed by atoms with van der Waals surface area (Å²) in [5.74, 6) is 1.61. The maximum absolute atomic E-state index is 11.9. The summed E-state index contributed by atoms with van der Waals surface area (Å²) in [5, 5.41) is 15.7. The van der Waals surface area contributed by atoms with E-state index in [9.17, 15) is 4.79 Å². The highest BCUT2D eigenvalue weighted by Crippen LogP contribution is 2.23. The quantitative estimate of drug-likeness (QED) is 0.757. The number of nitrogens with zero attached hydrogens (tertiary/aromatic N) is 6. The number of thiazole rings is 1. The fourth-order valence-electron chi connectivity index (χ4n) is 2.92. The minimum atomic E-state index is 0.125. The Balaban J connectivity index is 1.31. The predicted molar refractivity (Wildman–Crippen MR) is 102 cm³/mol. The van der Waals surface area contributed by atoms with Crippen molar-refractivity contribution in [2.24, 2.45) is 0 Å². The lowest BCUT2D eigenvalue weighted by Gasteiger charge is -2.35. The highest BCUT2D eigenvalue weighted by atomic mass is 32.1. The van der Waals surface area contributed by atoms with E-state index in [-0.39, 0.29) is 5.91 Å². The van der Waals surface area contributed by atoms with Crippen LogP contribution in [-0.2, 0) is 4.79 Å². The number of anilines is 3. The molecular formula is C17H20N8OS. The molecular weight excluding hydrogens is 364 g/mol. The van der Waals surface area contributed by atoms with Gasteiger partial charge in [-0.15, -0.1) is 0 Å². The van der Waals surface area contributed by atoms with Crippen molar-refractivity contribution in [3.05, 3.63) is 23.5 Å². The Morgan fingerprint density at radius 1 is 1.26 bits per heavy atom. The Morgan fingerprint density at radius 2 is 2.07 bits per heavy atom. The van der Waals surface area contributed by atoms with Crippen molar-refractivity contribution < 1.29 is 4.79 Å². The van der Waals surface area contributed by atoms with E-state index in [1.165, 1.54) is 23.9 Å². The number of carbonyl (C=O) groups excluding carboxylic acids is 1. The lowest BCUT2D eigenvalue weighted by atomic mass is 10.3. The first-order valence-corrected chi connectivity index (χ1v) is 9.73. The van der Waals surface area contributed by atoms with Gasteiger partial charge in [-0.1, -0.05) is 11.3 Å². The van der Waals surface area contributed by atoms with Crippen LogP contribution in [0.2, 0.25) is 0 Å². The minimum absolute atomic E-state index is 0.125. The Morgan fingerprint density at radius 3 is 2.78 bits per heavy atom. The zero-order chi connectivity index (χ0) is 18.6. The van der Waals surface area contributed by atoms with Gasteiger partial charge in [0.2, 0.25) is 5.91 Å². The molecule has 0 bridgehead atoms. The molecule has 1 aliphatic heterocycles. The number of nitriles is 1. The van der Waals surface area contributed by atoms with Crippen molar-refractivity contribution in [2.75, 3.05) is 42.9 Å². The van der Waals surface area contributed by atoms with Crippen LogP contribution in [0, 0.1) is 11.3 Å². The van der Waals surface area contributed by atoms with Crippen LogP contribution in [0.4, 0.5) is 16.8 Å².